The van der Waals surface area contributed by atoms with Crippen molar-refractivity contribution in [3.8, 4) is 0 Å². The third-order valence-corrected chi connectivity index (χ3v) is 4.71. The van der Waals surface area contributed by atoms with Crippen LogP contribution in [0.1, 0.15) is 11.1 Å². The van der Waals surface area contributed by atoms with E-state index < -0.39 is 0 Å². The molecule has 0 radical (unpaired) electrons. The Morgan fingerprint density at radius 3 is 2.61 bits per heavy atom. The zero-order valence-electron chi connectivity index (χ0n) is 15.1. The minimum absolute atomic E-state index is 0.249. The number of rotatable bonds is 5. The third kappa shape index (κ3) is 4.35. The van der Waals surface area contributed by atoms with Gasteiger partial charge in [-0.05, 0) is 46.2 Å². The number of aromatic nitrogens is 2. The summed E-state index contributed by atoms with van der Waals surface area (Å²) in [4.78, 5) is 0. The molecule has 0 saturated carbocycles. The lowest BCUT2D eigenvalue weighted by atomic mass is 10.0. The number of halogens is 1. The van der Waals surface area contributed by atoms with Crippen LogP contribution in [0.15, 0.2) is 79.0 Å². The van der Waals surface area contributed by atoms with Gasteiger partial charge in [0, 0.05) is 18.8 Å². The Morgan fingerprint density at radius 1 is 0.964 bits per heavy atom. The van der Waals surface area contributed by atoms with Crippen LogP contribution in [0, 0.1) is 5.82 Å². The zero-order chi connectivity index (χ0) is 19.3. The van der Waals surface area contributed by atoms with Gasteiger partial charge in [0.1, 0.15) is 5.82 Å². The average molecular weight is 390 g/mol. The fourth-order valence-corrected chi connectivity index (χ4v) is 3.24. The highest BCUT2D eigenvalue weighted by atomic mass is 32.1. The molecular formula is C22H19FN4S. The summed E-state index contributed by atoms with van der Waals surface area (Å²) < 4.78 is 14.8. The van der Waals surface area contributed by atoms with E-state index in [1.54, 1.807) is 12.1 Å². The van der Waals surface area contributed by atoms with E-state index in [4.69, 9.17) is 12.2 Å². The smallest absolute Gasteiger partial charge is 0.172 e. The van der Waals surface area contributed by atoms with Crippen LogP contribution in [0.4, 0.5) is 10.2 Å². The maximum absolute atomic E-state index is 12.9. The molecule has 4 aromatic rings. The van der Waals surface area contributed by atoms with Crippen molar-refractivity contribution in [3.63, 3.8) is 0 Å². The van der Waals surface area contributed by atoms with E-state index in [2.05, 4.69) is 46.1 Å². The van der Waals surface area contributed by atoms with E-state index in [-0.39, 0.29) is 5.82 Å². The highest BCUT2D eigenvalue weighted by Crippen LogP contribution is 2.19. The number of nitrogens with one attached hydrogen (secondary N) is 2. The van der Waals surface area contributed by atoms with Crippen LogP contribution in [-0.4, -0.2) is 14.9 Å². The highest BCUT2D eigenvalue weighted by Gasteiger charge is 2.05. The van der Waals surface area contributed by atoms with Crippen molar-refractivity contribution >= 4 is 33.9 Å². The Morgan fingerprint density at radius 2 is 1.75 bits per heavy atom. The maximum atomic E-state index is 12.9. The molecule has 0 unspecified atom stereocenters. The largest absolute Gasteiger partial charge is 0.358 e. The van der Waals surface area contributed by atoms with Crippen LogP contribution in [0.5, 0.6) is 0 Å². The van der Waals surface area contributed by atoms with Gasteiger partial charge >= 0.3 is 0 Å². The van der Waals surface area contributed by atoms with Gasteiger partial charge in [-0.2, -0.15) is 5.10 Å². The molecule has 0 saturated heterocycles. The van der Waals surface area contributed by atoms with Gasteiger partial charge in [0.2, 0.25) is 0 Å². The monoisotopic (exact) mass is 390 g/mol. The zero-order valence-corrected chi connectivity index (χ0v) is 15.9. The van der Waals surface area contributed by atoms with Crippen LogP contribution in [0.2, 0.25) is 0 Å². The summed E-state index contributed by atoms with van der Waals surface area (Å²) in [6.07, 6.45) is 1.92. The molecule has 0 fully saturated rings. The first-order valence-electron chi connectivity index (χ1n) is 8.97. The second kappa shape index (κ2) is 8.19. The van der Waals surface area contributed by atoms with Gasteiger partial charge in [-0.25, -0.2) is 4.39 Å². The molecule has 2 N–H and O–H groups in total. The Hall–Kier alpha value is -3.25. The predicted octanol–water partition coefficient (Wildman–Crippen LogP) is 4.71. The van der Waals surface area contributed by atoms with Gasteiger partial charge in [-0.1, -0.05) is 54.6 Å². The molecular weight excluding hydrogens is 371 g/mol. The first-order valence-corrected chi connectivity index (χ1v) is 9.37. The number of hydrogen-bond acceptors (Lipinski definition) is 2. The van der Waals surface area contributed by atoms with Crippen LogP contribution in [-0.2, 0) is 13.1 Å². The number of hydrogen-bond donors (Lipinski definition) is 2. The second-order valence-electron chi connectivity index (χ2n) is 6.47. The van der Waals surface area contributed by atoms with Crippen molar-refractivity contribution in [1.29, 1.82) is 0 Å². The lowest BCUT2D eigenvalue weighted by Crippen LogP contribution is -2.28. The Balaban J connectivity index is 1.37. The summed E-state index contributed by atoms with van der Waals surface area (Å²) in [6.45, 7) is 1.20. The molecule has 1 aromatic heterocycles. The van der Waals surface area contributed by atoms with E-state index >= 15 is 0 Å². The van der Waals surface area contributed by atoms with Crippen LogP contribution < -0.4 is 10.6 Å². The third-order valence-electron chi connectivity index (χ3n) is 4.46. The maximum Gasteiger partial charge on any atom is 0.172 e. The topological polar surface area (TPSA) is 41.9 Å². The first kappa shape index (κ1) is 18.1. The molecule has 1 heterocycles. The Labute approximate surface area is 168 Å². The molecule has 28 heavy (non-hydrogen) atoms. The van der Waals surface area contributed by atoms with Crippen molar-refractivity contribution in [2.75, 3.05) is 5.32 Å². The first-order chi connectivity index (χ1) is 13.7. The summed E-state index contributed by atoms with van der Waals surface area (Å²) in [5.41, 5.74) is 2.16. The van der Waals surface area contributed by atoms with E-state index in [0.29, 0.717) is 24.0 Å². The summed E-state index contributed by atoms with van der Waals surface area (Å²) in [6, 6.07) is 22.8. The van der Waals surface area contributed by atoms with Crippen molar-refractivity contribution in [2.45, 2.75) is 13.1 Å². The van der Waals surface area contributed by atoms with Crippen molar-refractivity contribution in [1.82, 2.24) is 15.1 Å². The summed E-state index contributed by atoms with van der Waals surface area (Å²) in [7, 11) is 0. The van der Waals surface area contributed by atoms with Gasteiger partial charge < -0.3 is 10.6 Å². The molecule has 0 atom stereocenters. The molecule has 0 spiro atoms. The molecule has 3 aromatic carbocycles. The summed E-state index contributed by atoms with van der Waals surface area (Å²) in [5.74, 6) is 0.429. The van der Waals surface area contributed by atoms with Crippen molar-refractivity contribution in [2.24, 2.45) is 0 Å². The molecule has 0 aliphatic heterocycles. The van der Waals surface area contributed by atoms with Crippen molar-refractivity contribution in [3.05, 3.63) is 95.9 Å². The Bertz CT molecular complexity index is 1100. The molecule has 0 amide bonds. The normalized spacial score (nSPS) is 10.8. The second-order valence-corrected chi connectivity index (χ2v) is 6.88. The Kier molecular flexibility index (Phi) is 5.30. The van der Waals surface area contributed by atoms with Crippen LogP contribution in [0.3, 0.4) is 0 Å². The SMILES string of the molecule is Fc1ccc(CNC(=S)Nc2ccn(Cc3cccc4ccccc34)n2)cc1. The standard InChI is InChI=1S/C22H19FN4S/c23-19-10-8-16(9-11-19)14-24-22(28)25-21-12-13-27(26-21)15-18-6-3-5-17-4-1-2-7-20(17)18/h1-13H,14-15H2,(H2,24,25,26,28). The molecule has 140 valence electrons. The molecule has 0 aliphatic rings. The van der Waals surface area contributed by atoms with E-state index in [9.17, 15) is 4.39 Å². The number of anilines is 1. The average Bonchev–Trinajstić information content (AvgIpc) is 3.14. The minimum atomic E-state index is -0.249. The summed E-state index contributed by atoms with van der Waals surface area (Å²) in [5, 5.41) is 13.6. The molecule has 0 bridgehead atoms. The lowest BCUT2D eigenvalue weighted by Gasteiger charge is -2.09. The van der Waals surface area contributed by atoms with Crippen LogP contribution in [0.25, 0.3) is 10.8 Å². The quantitative estimate of drug-likeness (QED) is 0.484. The van der Waals surface area contributed by atoms with Gasteiger partial charge in [0.15, 0.2) is 10.9 Å². The molecule has 6 heteroatoms. The molecule has 4 rings (SSSR count). The fraction of sp³-hybridized carbons (Fsp3) is 0.0909. The number of nitrogens with zero attached hydrogens (tertiary/aromatic N) is 2. The van der Waals surface area contributed by atoms with E-state index in [1.807, 2.05) is 29.1 Å². The molecule has 4 nitrogen and oxygen atoms in total. The number of benzene rings is 3. The minimum Gasteiger partial charge on any atom is -0.358 e. The fourth-order valence-electron chi connectivity index (χ4n) is 3.07. The van der Waals surface area contributed by atoms with E-state index in [0.717, 1.165) is 5.56 Å². The lowest BCUT2D eigenvalue weighted by molar-refractivity contribution is 0.627. The van der Waals surface area contributed by atoms with Gasteiger partial charge in [0.05, 0.1) is 6.54 Å². The highest BCUT2D eigenvalue weighted by molar-refractivity contribution is 7.80. The van der Waals surface area contributed by atoms with Gasteiger partial charge in [-0.3, -0.25) is 4.68 Å². The van der Waals surface area contributed by atoms with Crippen molar-refractivity contribution < 1.29 is 4.39 Å². The predicted molar refractivity (Wildman–Crippen MR) is 115 cm³/mol. The number of fused-ring (bicyclic) bond motifs is 1. The van der Waals surface area contributed by atoms with Crippen LogP contribution >= 0.6 is 12.2 Å². The van der Waals surface area contributed by atoms with E-state index in [1.165, 1.54) is 28.5 Å². The summed E-state index contributed by atoms with van der Waals surface area (Å²) >= 11 is 5.32. The van der Waals surface area contributed by atoms with Gasteiger partial charge in [-0.15, -0.1) is 0 Å². The number of thiocarbonyl (C=S) groups is 1. The van der Waals surface area contributed by atoms with Gasteiger partial charge in [0.25, 0.3) is 0 Å². The molecule has 0 aliphatic carbocycles.